The van der Waals surface area contributed by atoms with Gasteiger partial charge in [0.15, 0.2) is 0 Å². The summed E-state index contributed by atoms with van der Waals surface area (Å²) in [4.78, 5) is 17.1. The first-order valence-electron chi connectivity index (χ1n) is 6.69. The van der Waals surface area contributed by atoms with Gasteiger partial charge in [-0.15, -0.1) is 0 Å². The van der Waals surface area contributed by atoms with Crippen molar-refractivity contribution in [3.63, 3.8) is 0 Å². The lowest BCUT2D eigenvalue weighted by Crippen LogP contribution is -2.50. The Hall–Kier alpha value is -0.570. The van der Waals surface area contributed by atoms with Gasteiger partial charge in [-0.2, -0.15) is 0 Å². The van der Waals surface area contributed by atoms with Crippen molar-refractivity contribution in [3.8, 4) is 0 Å². The topological polar surface area (TPSA) is 38.3 Å². The fraction of sp³-hybridized carbons (Fsp3) is 0.923. The minimum Gasteiger partial charge on any atom is -0.274 e. The summed E-state index contributed by atoms with van der Waals surface area (Å²) in [7, 11) is 0. The van der Waals surface area contributed by atoms with Gasteiger partial charge in [0.2, 0.25) is 5.91 Å². The molecule has 0 aliphatic heterocycles. The predicted octanol–water partition coefficient (Wildman–Crippen LogP) is 2.13. The smallest absolute Gasteiger partial charge is 0.247 e. The molecule has 0 aromatic rings. The lowest BCUT2D eigenvalue weighted by molar-refractivity contribution is -0.150. The molecule has 4 aliphatic rings. The quantitative estimate of drug-likeness (QED) is 0.744. The molecule has 0 unspecified atom stereocenters. The third kappa shape index (κ3) is 1.65. The molecule has 4 fully saturated rings. The summed E-state index contributed by atoms with van der Waals surface area (Å²) in [5.74, 6) is 3.56. The third-order valence-electron chi connectivity index (χ3n) is 4.85. The molecular weight excluding hydrogens is 202 g/mol. The number of hydroxylamine groups is 1. The van der Waals surface area contributed by atoms with Crippen molar-refractivity contribution in [1.29, 1.82) is 0 Å². The van der Waals surface area contributed by atoms with Gasteiger partial charge in [-0.25, -0.2) is 5.48 Å². The van der Waals surface area contributed by atoms with Crippen LogP contribution in [-0.2, 0) is 9.63 Å². The van der Waals surface area contributed by atoms with Gasteiger partial charge in [-0.3, -0.25) is 9.63 Å². The second-order valence-electron chi connectivity index (χ2n) is 5.86. The van der Waals surface area contributed by atoms with Gasteiger partial charge in [-0.1, -0.05) is 0 Å². The minimum atomic E-state index is 0.149. The van der Waals surface area contributed by atoms with Crippen LogP contribution >= 0.6 is 0 Å². The van der Waals surface area contributed by atoms with Gasteiger partial charge in [0.1, 0.15) is 0 Å². The Morgan fingerprint density at radius 3 is 2.19 bits per heavy atom. The zero-order chi connectivity index (χ0) is 11.1. The first-order valence-corrected chi connectivity index (χ1v) is 6.69. The van der Waals surface area contributed by atoms with E-state index in [2.05, 4.69) is 5.48 Å². The average molecular weight is 223 g/mol. The van der Waals surface area contributed by atoms with Gasteiger partial charge >= 0.3 is 0 Å². The predicted molar refractivity (Wildman–Crippen MR) is 60.3 cm³/mol. The second kappa shape index (κ2) is 4.02. The summed E-state index contributed by atoms with van der Waals surface area (Å²) in [5, 5.41) is 0. The van der Waals surface area contributed by atoms with Crippen molar-refractivity contribution in [2.24, 2.45) is 29.6 Å². The van der Waals surface area contributed by atoms with Crippen molar-refractivity contribution in [2.75, 3.05) is 6.61 Å². The van der Waals surface area contributed by atoms with Crippen molar-refractivity contribution >= 4 is 5.91 Å². The molecule has 3 nitrogen and oxygen atoms in total. The number of carbonyl (C=O) groups excluding carboxylic acids is 1. The summed E-state index contributed by atoms with van der Waals surface area (Å²) < 4.78 is 0. The van der Waals surface area contributed by atoms with Crippen LogP contribution in [0, 0.1) is 29.6 Å². The van der Waals surface area contributed by atoms with Crippen LogP contribution in [0.3, 0.4) is 0 Å². The zero-order valence-corrected chi connectivity index (χ0v) is 9.95. The fourth-order valence-electron chi connectivity index (χ4n) is 4.56. The molecule has 4 saturated carbocycles. The summed E-state index contributed by atoms with van der Waals surface area (Å²) >= 11 is 0. The van der Waals surface area contributed by atoms with E-state index in [1.54, 1.807) is 0 Å². The van der Waals surface area contributed by atoms with Gasteiger partial charge < -0.3 is 0 Å². The normalized spacial score (nSPS) is 44.7. The van der Waals surface area contributed by atoms with Crippen LogP contribution in [0.5, 0.6) is 0 Å². The summed E-state index contributed by atoms with van der Waals surface area (Å²) in [6.07, 6.45) is 6.59. The molecule has 16 heavy (non-hydrogen) atoms. The Balaban J connectivity index is 1.69. The maximum absolute atomic E-state index is 12.1. The highest BCUT2D eigenvalue weighted by Gasteiger charge is 2.50. The van der Waals surface area contributed by atoms with E-state index < -0.39 is 0 Å². The van der Waals surface area contributed by atoms with Gasteiger partial charge in [-0.05, 0) is 62.7 Å². The van der Waals surface area contributed by atoms with E-state index in [0.29, 0.717) is 18.4 Å². The van der Waals surface area contributed by atoms with Gasteiger partial charge in [0.25, 0.3) is 0 Å². The van der Waals surface area contributed by atoms with E-state index in [1.165, 1.54) is 32.1 Å². The standard InChI is InChI=1S/C13H21NO2/c1-2-16-14-13(15)12-10-4-8-3-9(6-10)7-11(12)5-8/h8-12H,2-7H2,1H3,(H,14,15). The summed E-state index contributed by atoms with van der Waals surface area (Å²) in [5.41, 5.74) is 2.62. The van der Waals surface area contributed by atoms with E-state index in [1.807, 2.05) is 6.92 Å². The molecule has 3 heteroatoms. The Bertz CT molecular complexity index is 262. The molecule has 0 aromatic heterocycles. The monoisotopic (exact) mass is 223 g/mol. The molecule has 0 heterocycles. The van der Waals surface area contributed by atoms with Gasteiger partial charge in [0, 0.05) is 5.92 Å². The molecule has 4 aliphatic carbocycles. The minimum absolute atomic E-state index is 0.149. The average Bonchev–Trinajstić information content (AvgIpc) is 2.24. The molecule has 0 saturated heterocycles. The summed E-state index contributed by atoms with van der Waals surface area (Å²) in [6.45, 7) is 2.45. The van der Waals surface area contributed by atoms with E-state index >= 15 is 0 Å². The van der Waals surface area contributed by atoms with Crippen LogP contribution in [0.25, 0.3) is 0 Å². The largest absolute Gasteiger partial charge is 0.274 e. The number of hydrogen-bond acceptors (Lipinski definition) is 2. The second-order valence-corrected chi connectivity index (χ2v) is 5.86. The highest BCUT2D eigenvalue weighted by molar-refractivity contribution is 5.78. The molecule has 4 bridgehead atoms. The Labute approximate surface area is 96.9 Å². The number of carbonyl (C=O) groups is 1. The maximum atomic E-state index is 12.1. The van der Waals surface area contributed by atoms with Crippen molar-refractivity contribution < 1.29 is 9.63 Å². The molecule has 0 aromatic carbocycles. The molecule has 0 atom stereocenters. The molecular formula is C13H21NO2. The number of hydrogen-bond donors (Lipinski definition) is 1. The molecule has 0 radical (unpaired) electrons. The maximum Gasteiger partial charge on any atom is 0.247 e. The number of amides is 1. The van der Waals surface area contributed by atoms with E-state index in [0.717, 1.165) is 11.8 Å². The fourth-order valence-corrected chi connectivity index (χ4v) is 4.56. The van der Waals surface area contributed by atoms with Crippen molar-refractivity contribution in [1.82, 2.24) is 5.48 Å². The molecule has 0 spiro atoms. The van der Waals surface area contributed by atoms with E-state index in [4.69, 9.17) is 4.84 Å². The molecule has 1 amide bonds. The van der Waals surface area contributed by atoms with E-state index in [-0.39, 0.29) is 11.8 Å². The van der Waals surface area contributed by atoms with Crippen LogP contribution in [0.2, 0.25) is 0 Å². The Morgan fingerprint density at radius 1 is 1.12 bits per heavy atom. The first-order chi connectivity index (χ1) is 7.78. The molecule has 1 N–H and O–H groups in total. The van der Waals surface area contributed by atoms with Crippen molar-refractivity contribution in [3.05, 3.63) is 0 Å². The first kappa shape index (κ1) is 10.6. The van der Waals surface area contributed by atoms with Crippen LogP contribution in [0.15, 0.2) is 0 Å². The van der Waals surface area contributed by atoms with Crippen molar-refractivity contribution in [2.45, 2.75) is 39.0 Å². The summed E-state index contributed by atoms with van der Waals surface area (Å²) in [6, 6.07) is 0. The Morgan fingerprint density at radius 2 is 1.69 bits per heavy atom. The van der Waals surface area contributed by atoms with Crippen LogP contribution in [0.4, 0.5) is 0 Å². The Kier molecular flexibility index (Phi) is 2.66. The number of rotatable bonds is 3. The SMILES string of the molecule is CCONC(=O)C1C2CC3CC(C2)CC1C3. The highest BCUT2D eigenvalue weighted by atomic mass is 16.6. The number of nitrogens with one attached hydrogen (secondary N) is 1. The van der Waals surface area contributed by atoms with E-state index in [9.17, 15) is 4.79 Å². The highest BCUT2D eigenvalue weighted by Crippen LogP contribution is 2.56. The van der Waals surface area contributed by atoms with Crippen LogP contribution < -0.4 is 5.48 Å². The van der Waals surface area contributed by atoms with Crippen LogP contribution in [0.1, 0.15) is 39.0 Å². The lowest BCUT2D eigenvalue weighted by Gasteiger charge is -2.53. The molecule has 90 valence electrons. The van der Waals surface area contributed by atoms with Gasteiger partial charge in [0.05, 0.1) is 6.61 Å². The lowest BCUT2D eigenvalue weighted by atomic mass is 9.52. The molecule has 4 rings (SSSR count). The zero-order valence-electron chi connectivity index (χ0n) is 9.95. The third-order valence-corrected chi connectivity index (χ3v) is 4.85. The van der Waals surface area contributed by atoms with Crippen LogP contribution in [-0.4, -0.2) is 12.5 Å².